The Morgan fingerprint density at radius 1 is 1.23 bits per heavy atom. The van der Waals surface area contributed by atoms with E-state index < -0.39 is 5.51 Å². The highest BCUT2D eigenvalue weighted by Gasteiger charge is 2.28. The maximum Gasteiger partial charge on any atom is 0.456 e. The van der Waals surface area contributed by atoms with Crippen LogP contribution in [0.2, 0.25) is 0 Å². The zero-order valence-electron chi connectivity index (χ0n) is 12.2. The predicted octanol–water partition coefficient (Wildman–Crippen LogP) is 2.22. The van der Waals surface area contributed by atoms with Gasteiger partial charge < -0.3 is 4.74 Å². The monoisotopic (exact) mass is 379 g/mol. The van der Waals surface area contributed by atoms with Gasteiger partial charge in [0.05, 0.1) is 13.7 Å². The molecule has 0 aromatic carbocycles. The van der Waals surface area contributed by atoms with E-state index in [1.54, 1.807) is 11.9 Å². The van der Waals surface area contributed by atoms with Gasteiger partial charge in [-0.2, -0.15) is 13.2 Å². The summed E-state index contributed by atoms with van der Waals surface area (Å²) in [7, 11) is 1.38. The molecule has 1 aliphatic heterocycles. The Bertz CT molecular complexity index is 329. The smallest absolute Gasteiger partial charge is 0.456 e. The number of nitrogens with one attached hydrogen (secondary N) is 1. The third-order valence-corrected chi connectivity index (χ3v) is 5.52. The van der Waals surface area contributed by atoms with Gasteiger partial charge in [0.15, 0.2) is 0 Å². The highest BCUT2D eigenvalue weighted by molar-refractivity contribution is 8.13. The molecule has 0 saturated carbocycles. The Kier molecular flexibility index (Phi) is 10.00. The molecule has 0 aromatic rings. The fraction of sp³-hybridized carbons (Fsp3) is 0.909. The van der Waals surface area contributed by atoms with Crippen LogP contribution in [0.1, 0.15) is 6.42 Å². The second kappa shape index (κ2) is 10.9. The van der Waals surface area contributed by atoms with Crippen molar-refractivity contribution >= 4 is 41.8 Å². The Labute approximate surface area is 141 Å². The van der Waals surface area contributed by atoms with Crippen molar-refractivity contribution in [2.24, 2.45) is 0 Å². The summed E-state index contributed by atoms with van der Waals surface area (Å²) in [4.78, 5) is 13.2. The van der Waals surface area contributed by atoms with Crippen LogP contribution in [-0.2, 0) is 9.53 Å². The number of ether oxygens (including phenoxy) is 1. The topological polar surface area (TPSA) is 44.8 Å². The van der Waals surface area contributed by atoms with Crippen molar-refractivity contribution in [3.63, 3.8) is 0 Å². The van der Waals surface area contributed by atoms with Crippen LogP contribution >= 0.6 is 35.8 Å². The number of carbonyl (C=O) groups is 1. The molecule has 5 nitrogen and oxygen atoms in total. The number of nitrogens with zero attached hydrogens (tertiary/aromatic N) is 2. The lowest BCUT2D eigenvalue weighted by Crippen LogP contribution is -2.45. The zero-order valence-corrected chi connectivity index (χ0v) is 14.7. The van der Waals surface area contributed by atoms with E-state index in [9.17, 15) is 18.0 Å². The van der Waals surface area contributed by atoms with Gasteiger partial charge in [-0.15, -0.1) is 0 Å². The highest BCUT2D eigenvalue weighted by Crippen LogP contribution is 2.29. The summed E-state index contributed by atoms with van der Waals surface area (Å²) < 4.78 is 44.6. The number of methoxy groups -OCH3 is 1. The molecule has 0 aromatic heterocycles. The second-order valence-corrected chi connectivity index (χ2v) is 7.66. The minimum atomic E-state index is -4.23. The van der Waals surface area contributed by atoms with E-state index in [1.807, 2.05) is 0 Å². The second-order valence-electron chi connectivity index (χ2n) is 4.45. The summed E-state index contributed by atoms with van der Waals surface area (Å²) in [5.74, 6) is 1.29. The first-order valence-corrected chi connectivity index (χ1v) is 9.44. The highest BCUT2D eigenvalue weighted by atomic mass is 32.2. The van der Waals surface area contributed by atoms with Crippen LogP contribution in [0.15, 0.2) is 0 Å². The lowest BCUT2D eigenvalue weighted by atomic mass is 10.3. The number of rotatable bonds is 9. The molecule has 0 aliphatic carbocycles. The van der Waals surface area contributed by atoms with Crippen molar-refractivity contribution < 1.29 is 22.7 Å². The van der Waals surface area contributed by atoms with Gasteiger partial charge in [0.25, 0.3) is 0 Å². The molecule has 11 heteroatoms. The third-order valence-electron chi connectivity index (χ3n) is 2.79. The van der Waals surface area contributed by atoms with E-state index in [4.69, 9.17) is 0 Å². The first kappa shape index (κ1) is 20.2. The van der Waals surface area contributed by atoms with Crippen LogP contribution in [0, 0.1) is 0 Å². The fourth-order valence-electron chi connectivity index (χ4n) is 1.71. The number of piperazine rings is 1. The van der Waals surface area contributed by atoms with Gasteiger partial charge in [-0.1, -0.05) is 23.9 Å². The van der Waals surface area contributed by atoms with Crippen LogP contribution in [-0.4, -0.2) is 72.0 Å². The van der Waals surface area contributed by atoms with E-state index in [0.717, 1.165) is 50.3 Å². The summed E-state index contributed by atoms with van der Waals surface area (Å²) in [6.45, 7) is 3.71. The molecule has 1 rings (SSSR count). The molecule has 0 amide bonds. The Balaban J connectivity index is 1.96. The van der Waals surface area contributed by atoms with Crippen LogP contribution in [0.3, 0.4) is 0 Å². The average Bonchev–Trinajstić information content (AvgIpc) is 2.46. The van der Waals surface area contributed by atoms with Gasteiger partial charge in [-0.25, -0.2) is 8.43 Å². The molecule has 1 fully saturated rings. The summed E-state index contributed by atoms with van der Waals surface area (Å²) in [5, 5.41) is 0. The molecule has 1 aliphatic rings. The molecule has 1 N–H and O–H groups in total. The molecule has 1 saturated heterocycles. The first-order valence-electron chi connectivity index (χ1n) is 6.69. The predicted molar refractivity (Wildman–Crippen MR) is 86.3 cm³/mol. The summed E-state index contributed by atoms with van der Waals surface area (Å²) in [6, 6.07) is 0. The number of halogens is 3. The molecule has 0 spiro atoms. The normalized spacial score (nSPS) is 17.6. The molecule has 130 valence electrons. The average molecular weight is 379 g/mol. The van der Waals surface area contributed by atoms with Crippen molar-refractivity contribution in [2.75, 3.05) is 51.3 Å². The zero-order chi connectivity index (χ0) is 16.4. The van der Waals surface area contributed by atoms with Crippen molar-refractivity contribution in [3.8, 4) is 0 Å². The van der Waals surface area contributed by atoms with E-state index in [0.29, 0.717) is 12.3 Å². The van der Waals surface area contributed by atoms with Crippen molar-refractivity contribution in [2.45, 2.75) is 11.9 Å². The van der Waals surface area contributed by atoms with Gasteiger partial charge in [0.2, 0.25) is 0 Å². The van der Waals surface area contributed by atoms with Gasteiger partial charge in [-0.3, -0.25) is 9.69 Å². The summed E-state index contributed by atoms with van der Waals surface area (Å²) in [5.41, 5.74) is -4.23. The molecule has 0 bridgehead atoms. The van der Waals surface area contributed by atoms with E-state index in [1.165, 1.54) is 7.11 Å². The quantitative estimate of drug-likeness (QED) is 0.372. The number of carbonyl (C=O) groups excluding carboxylic acids is 1. The molecular weight excluding hydrogens is 359 g/mol. The summed E-state index contributed by atoms with van der Waals surface area (Å²) >= 11 is 2.56. The molecule has 0 unspecified atom stereocenters. The molecular formula is C11H20F3N3O2S3. The van der Waals surface area contributed by atoms with Gasteiger partial charge in [0, 0.05) is 49.6 Å². The largest absolute Gasteiger partial charge is 0.468 e. The molecule has 0 atom stereocenters. The number of alkyl halides is 3. The Morgan fingerprint density at radius 3 is 2.50 bits per heavy atom. The minimum Gasteiger partial charge on any atom is -0.468 e. The number of hydrogen-bond donors (Lipinski definition) is 1. The van der Waals surface area contributed by atoms with Crippen LogP contribution in [0.4, 0.5) is 13.2 Å². The van der Waals surface area contributed by atoms with E-state index in [2.05, 4.69) is 18.1 Å². The van der Waals surface area contributed by atoms with E-state index >= 15 is 0 Å². The molecule has 0 radical (unpaired) electrons. The maximum absolute atomic E-state index is 11.9. The standard InChI is InChI=1S/C11H20F3N3O2S3/c1-19-10(18)9-16-3-5-17(6-4-16)21-8-2-7-20-15-22-11(12,13)14/h15H,2-9H2,1H3. The van der Waals surface area contributed by atoms with E-state index in [-0.39, 0.29) is 17.9 Å². The van der Waals surface area contributed by atoms with Gasteiger partial charge in [0.1, 0.15) is 0 Å². The van der Waals surface area contributed by atoms with Crippen LogP contribution in [0.25, 0.3) is 0 Å². The minimum absolute atomic E-state index is 0.220. The van der Waals surface area contributed by atoms with Crippen LogP contribution in [0.5, 0.6) is 0 Å². The molecule has 1 heterocycles. The molecule has 22 heavy (non-hydrogen) atoms. The lowest BCUT2D eigenvalue weighted by molar-refractivity contribution is -0.142. The Morgan fingerprint density at radius 2 is 1.91 bits per heavy atom. The van der Waals surface area contributed by atoms with Crippen molar-refractivity contribution in [1.82, 2.24) is 13.3 Å². The van der Waals surface area contributed by atoms with Gasteiger partial charge >= 0.3 is 11.5 Å². The fourth-order valence-corrected chi connectivity index (χ4v) is 4.08. The first-order chi connectivity index (χ1) is 10.4. The van der Waals surface area contributed by atoms with Crippen LogP contribution < -0.4 is 4.13 Å². The summed E-state index contributed by atoms with van der Waals surface area (Å²) in [6.07, 6.45) is 0.836. The SMILES string of the molecule is COC(=O)CN1CCN(SCCCSNSC(F)(F)F)CC1. The maximum atomic E-state index is 11.9. The Hall–Kier alpha value is 0.190. The third kappa shape index (κ3) is 10.1. The van der Waals surface area contributed by atoms with Crippen molar-refractivity contribution in [1.29, 1.82) is 0 Å². The van der Waals surface area contributed by atoms with Crippen molar-refractivity contribution in [3.05, 3.63) is 0 Å². The lowest BCUT2D eigenvalue weighted by Gasteiger charge is -2.33. The number of esters is 1. The van der Waals surface area contributed by atoms with Gasteiger partial charge in [-0.05, 0) is 6.42 Å². The number of hydrogen-bond acceptors (Lipinski definition) is 8.